The number of rotatable bonds is 30. The van der Waals surface area contributed by atoms with Crippen LogP contribution in [-0.2, 0) is 99.5 Å². The Hall–Kier alpha value is -6.68. The van der Waals surface area contributed by atoms with Crippen LogP contribution in [0.3, 0.4) is 0 Å². The molecule has 2 unspecified atom stereocenters. The van der Waals surface area contributed by atoms with E-state index in [-0.39, 0.29) is 184 Å². The number of nitrogens with zero attached hydrogens (tertiary/aromatic N) is 4. The Balaban J connectivity index is 0.000000580. The van der Waals surface area contributed by atoms with E-state index in [4.69, 9.17) is 9.47 Å². The van der Waals surface area contributed by atoms with Crippen molar-refractivity contribution in [2.75, 3.05) is 49.2 Å². The Morgan fingerprint density at radius 3 is 1.07 bits per heavy atom. The molecular formula is C128H184Fe4N4O6. The first-order valence-electron chi connectivity index (χ1n) is 52.9. The standard InChI is InChI=1S/C58H68N2O4.C42H52N2O2.4C5H10.8CH3.4Fe/c1-57(35-19-17-25-43-21-9-10-22-43)49-31-13-15-33-51(49)59(37-39-63-45-27-5-3-6-28-45)53(57)41-47-55(61)48(56(47)62)42-54-58(2,36-20-18-26-44-23-11-12-24-44)50-32-14-16-34-52(50)60(54)38-40-64-46-29-7-4-8-30-46;1-41(2)33-21-9-11-23-35(33)43(25-13-19-29-15-5-6-16-29)37(41)27-31-39(45)32(40(31)46)28-38-42(3,4)34-22-10-12-24-36(34)44(38)26-14-20-30-17-7-8-18-30;4*1-2-4-5-3-1;;;;;;;;;;;;/h3-8,13-16,27-34,41-44H,9-12,17-26,35-40H2,1-2H3;9-12,21-24,27-30H,5-8,13-20,25-26H2,1-4H3;4*1-5H2;8*1H3;;;;/q;;;;;;8*-1;4*+2. The summed E-state index contributed by atoms with van der Waals surface area (Å²) >= 11 is 0. The summed E-state index contributed by atoms with van der Waals surface area (Å²) in [4.78, 5) is 33.3. The average molecular weight is 2100 g/mol. The quantitative estimate of drug-likeness (QED) is 0.0144. The fourth-order valence-electron chi connectivity index (χ4n) is 24.8. The van der Waals surface area contributed by atoms with E-state index in [1.807, 2.05) is 85.0 Å². The van der Waals surface area contributed by atoms with Crippen LogP contribution in [0.4, 0.5) is 22.7 Å². The number of carbonyl (C=O) groups excluding carboxylic acids is 2. The molecule has 0 bridgehead atoms. The van der Waals surface area contributed by atoms with E-state index in [0.29, 0.717) is 37.4 Å². The Morgan fingerprint density at radius 2 is 0.641 bits per heavy atom. The van der Waals surface area contributed by atoms with Crippen LogP contribution in [0.1, 0.15) is 372 Å². The van der Waals surface area contributed by atoms with Crippen LogP contribution in [0.15, 0.2) is 227 Å². The van der Waals surface area contributed by atoms with Gasteiger partial charge in [-0.2, -0.15) is 9.15 Å². The van der Waals surface area contributed by atoms with Crippen LogP contribution in [0.25, 0.3) is 0 Å². The van der Waals surface area contributed by atoms with Gasteiger partial charge < -0.3 is 88.9 Å². The van der Waals surface area contributed by atoms with E-state index < -0.39 is 0 Å². The fourth-order valence-corrected chi connectivity index (χ4v) is 24.8. The van der Waals surface area contributed by atoms with Crippen molar-refractivity contribution >= 4 is 45.7 Å². The monoisotopic (exact) mass is 2100 g/mol. The van der Waals surface area contributed by atoms with Crippen molar-refractivity contribution in [3.63, 3.8) is 0 Å². The third kappa shape index (κ3) is 32.2. The first-order valence-corrected chi connectivity index (χ1v) is 52.9. The van der Waals surface area contributed by atoms with E-state index in [2.05, 4.69) is 158 Å². The van der Waals surface area contributed by atoms with Crippen molar-refractivity contribution in [2.45, 2.75) is 371 Å². The zero-order valence-corrected chi connectivity index (χ0v) is 94.9. The molecule has 6 aromatic carbocycles. The van der Waals surface area contributed by atoms with Crippen LogP contribution in [0.2, 0.25) is 0 Å². The zero-order valence-electron chi connectivity index (χ0n) is 90.5. The molecular weight excluding hydrogens is 1910 g/mol. The average Bonchev–Trinajstić information content (AvgIpc) is 1.57. The number of benzene rings is 6. The van der Waals surface area contributed by atoms with Gasteiger partial charge in [0.15, 0.2) is 29.5 Å². The van der Waals surface area contributed by atoms with Crippen LogP contribution in [0.5, 0.6) is 11.5 Å². The van der Waals surface area contributed by atoms with Gasteiger partial charge in [-0.15, -0.1) is 0 Å². The molecule has 0 radical (unpaired) electrons. The predicted octanol–water partition coefficient (Wildman–Crippen LogP) is 32.7. The van der Waals surface area contributed by atoms with Crippen molar-refractivity contribution in [1.29, 1.82) is 0 Å². The van der Waals surface area contributed by atoms with E-state index in [1.54, 1.807) is 0 Å². The number of fused-ring (bicyclic) bond motifs is 4. The Bertz CT molecular complexity index is 4920. The molecule has 4 aliphatic heterocycles. The summed E-state index contributed by atoms with van der Waals surface area (Å²) in [6.07, 6.45) is 73.5. The van der Waals surface area contributed by atoms with Gasteiger partial charge in [0.25, 0.3) is 0 Å². The third-order valence-corrected chi connectivity index (χ3v) is 32.6. The maximum absolute atomic E-state index is 14.7. The summed E-state index contributed by atoms with van der Waals surface area (Å²) in [5.41, 5.74) is 13.9. The van der Waals surface area contributed by atoms with Gasteiger partial charge in [0.2, 0.25) is 11.4 Å². The molecule has 0 spiro atoms. The van der Waals surface area contributed by atoms with Gasteiger partial charge in [0, 0.05) is 104 Å². The molecule has 10 aliphatic carbocycles. The molecule has 10 nitrogen and oxygen atoms in total. The van der Waals surface area contributed by atoms with E-state index in [0.717, 1.165) is 121 Å². The van der Waals surface area contributed by atoms with Crippen molar-refractivity contribution in [2.24, 2.45) is 23.7 Å². The summed E-state index contributed by atoms with van der Waals surface area (Å²) in [7, 11) is 0. The number of hydrogen-bond donors (Lipinski definition) is 0. The number of Topliss-reactive ketones (excluding diaryl/α,β-unsaturated/α-hetero) is 2. The van der Waals surface area contributed by atoms with Gasteiger partial charge in [-0.1, -0.05) is 404 Å². The summed E-state index contributed by atoms with van der Waals surface area (Å²) in [5, 5.41) is 28.6. The number of unbranched alkanes of at least 4 members (excludes halogenated alkanes) is 2. The maximum atomic E-state index is 14.7. The summed E-state index contributed by atoms with van der Waals surface area (Å²) < 4.78 is 17.3. The van der Waals surface area contributed by atoms with Gasteiger partial charge >= 0.3 is 68.3 Å². The molecule has 2 atom stereocenters. The summed E-state index contributed by atoms with van der Waals surface area (Å²) in [5.74, 6) is 4.52. The number of hydrogen-bond acceptors (Lipinski definition) is 8. The molecule has 0 saturated heterocycles. The Labute approximate surface area is 909 Å². The fraction of sp³-hybridized carbons (Fsp3) is 0.531. The van der Waals surface area contributed by atoms with Crippen molar-refractivity contribution < 1.29 is 107 Å². The molecule has 0 amide bonds. The number of ketones is 2. The molecule has 14 heteroatoms. The van der Waals surface area contributed by atoms with Crippen LogP contribution in [-0.4, -0.2) is 71.5 Å². The van der Waals surface area contributed by atoms with Gasteiger partial charge in [0.05, 0.1) is 17.4 Å². The number of ether oxygens (including phenoxy) is 2. The molecule has 0 aromatic heterocycles. The van der Waals surface area contributed by atoms with Crippen molar-refractivity contribution in [1.82, 2.24) is 0 Å². The minimum Gasteiger partial charge on any atom is -0.871 e. The number of para-hydroxylation sites is 6. The van der Waals surface area contributed by atoms with Crippen LogP contribution >= 0.6 is 0 Å². The minimum atomic E-state index is -0.361. The topological polar surface area (TPSA) is 111 Å². The zero-order chi connectivity index (χ0) is 90.1. The molecule has 20 rings (SSSR count). The van der Waals surface area contributed by atoms with Crippen molar-refractivity contribution in [3.05, 3.63) is 309 Å². The minimum absolute atomic E-state index is 0. The van der Waals surface area contributed by atoms with Gasteiger partial charge in [-0.25, -0.2) is 0 Å². The first kappa shape index (κ1) is 129. The molecule has 8 saturated carbocycles. The summed E-state index contributed by atoms with van der Waals surface area (Å²) in [6.45, 7) is 17.6. The number of carbonyl (C=O) groups is 2. The predicted molar refractivity (Wildman–Crippen MR) is 588 cm³/mol. The molecule has 8 fully saturated rings. The molecule has 784 valence electrons. The normalized spacial score (nSPS) is 21.7. The van der Waals surface area contributed by atoms with E-state index >= 15 is 0 Å². The second-order valence-corrected chi connectivity index (χ2v) is 42.5. The smallest absolute Gasteiger partial charge is 0.871 e. The van der Waals surface area contributed by atoms with Crippen LogP contribution in [0, 0.1) is 83.1 Å². The molecule has 14 aliphatic rings. The number of allylic oxidation sites excluding steroid dienone is 10. The Kier molecular flexibility index (Phi) is 58.2. The molecule has 6 aromatic rings. The second-order valence-electron chi connectivity index (χ2n) is 42.5. The third-order valence-electron chi connectivity index (χ3n) is 32.6. The summed E-state index contributed by atoms with van der Waals surface area (Å²) in [6, 6.07) is 54.4. The maximum Gasteiger partial charge on any atom is 2.00 e. The molecule has 4 heterocycles. The van der Waals surface area contributed by atoms with Gasteiger partial charge in [-0.3, -0.25) is 9.59 Å². The van der Waals surface area contributed by atoms with E-state index in [9.17, 15) is 19.8 Å². The SMILES string of the molecule is C1CCCC1.C1CCCC1.C1CCCC1.C1CCCC1.CC1(C)C(C=C2C(=O)C(/C=C3\N(CCCC4CCCC4)c4ccccc4C3(C)C)=C2[O-])=[N+](CCCC2CCCC2)c2ccccc21.CC1(CCCCC2CCCC2)C(C=C2C(=O)C(/C=C3\N(CCOc4ccccc4)c4ccccc4C3(C)CCCCC3CCCC3)=C2[O-])=[N+](CCOc2ccccc2)c2ccccc21.[CH3-].[CH3-].[CH3-].[CH3-].[CH3-].[CH3-].[CH3-].[CH3-].[Fe+2].[Fe+2].[Fe+2].[Fe+2]. The van der Waals surface area contributed by atoms with Crippen LogP contribution < -0.4 is 29.5 Å². The first-order chi connectivity index (χ1) is 63.5. The molecule has 142 heavy (non-hydrogen) atoms. The second kappa shape index (κ2) is 63.9. The van der Waals surface area contributed by atoms with E-state index in [1.165, 1.54) is 303 Å². The Morgan fingerprint density at radius 1 is 0.317 bits per heavy atom. The van der Waals surface area contributed by atoms with Gasteiger partial charge in [-0.05, 0) is 143 Å². The largest absolute Gasteiger partial charge is 2.00 e. The van der Waals surface area contributed by atoms with Gasteiger partial charge in [0.1, 0.15) is 31.3 Å². The van der Waals surface area contributed by atoms with Crippen molar-refractivity contribution in [3.8, 4) is 11.5 Å². The number of anilines is 2. The molecule has 0 N–H and O–H groups in total.